The maximum atomic E-state index is 10.3. The van der Waals surface area contributed by atoms with Gasteiger partial charge in [0.25, 0.3) is 0 Å². The molecule has 0 bridgehead atoms. The lowest BCUT2D eigenvalue weighted by Gasteiger charge is -2.40. The first-order valence-electron chi connectivity index (χ1n) is 12.2. The van der Waals surface area contributed by atoms with Gasteiger partial charge in [0, 0.05) is 0 Å². The molecule has 3 nitrogen and oxygen atoms in total. The van der Waals surface area contributed by atoms with Crippen LogP contribution in [0.3, 0.4) is 0 Å². The van der Waals surface area contributed by atoms with Gasteiger partial charge in [-0.3, -0.25) is 0 Å². The second kappa shape index (κ2) is 10.6. The zero-order chi connectivity index (χ0) is 23.4. The van der Waals surface area contributed by atoms with E-state index in [0.29, 0.717) is 17.9 Å². The monoisotopic (exact) mass is 430 g/mol. The molecule has 31 heavy (non-hydrogen) atoms. The van der Waals surface area contributed by atoms with Gasteiger partial charge in [0.15, 0.2) is 0 Å². The maximum Gasteiger partial charge on any atom is 0.0809 e. The van der Waals surface area contributed by atoms with E-state index in [0.717, 1.165) is 31.3 Å². The molecule has 0 spiro atoms. The Morgan fingerprint density at radius 1 is 1.26 bits per heavy atom. The fraction of sp³-hybridized carbons (Fsp3) is 0.714. The molecule has 0 saturated heterocycles. The molecule has 1 unspecified atom stereocenters. The van der Waals surface area contributed by atoms with E-state index in [9.17, 15) is 15.3 Å². The quantitative estimate of drug-likeness (QED) is 0.371. The summed E-state index contributed by atoms with van der Waals surface area (Å²) in [5, 5.41) is 29.9. The Morgan fingerprint density at radius 3 is 2.55 bits per heavy atom. The summed E-state index contributed by atoms with van der Waals surface area (Å²) in [7, 11) is 0. The van der Waals surface area contributed by atoms with E-state index in [1.165, 1.54) is 25.7 Å². The average Bonchev–Trinajstić information content (AvgIpc) is 3.02. The van der Waals surface area contributed by atoms with E-state index >= 15 is 0 Å². The molecule has 0 aromatic rings. The van der Waals surface area contributed by atoms with Gasteiger partial charge >= 0.3 is 0 Å². The van der Waals surface area contributed by atoms with Crippen molar-refractivity contribution in [3.8, 4) is 0 Å². The van der Waals surface area contributed by atoms with Gasteiger partial charge in [-0.15, -0.1) is 0 Å². The minimum atomic E-state index is -0.696. The number of fused-ring (bicyclic) bond motifs is 1. The topological polar surface area (TPSA) is 60.7 Å². The van der Waals surface area contributed by atoms with Crippen LogP contribution in [0.2, 0.25) is 0 Å². The molecule has 0 amide bonds. The second-order valence-electron chi connectivity index (χ2n) is 11.0. The van der Waals surface area contributed by atoms with Crippen molar-refractivity contribution >= 4 is 0 Å². The lowest BCUT2D eigenvalue weighted by Crippen LogP contribution is -2.29. The normalized spacial score (nSPS) is 29.6. The van der Waals surface area contributed by atoms with Gasteiger partial charge in [-0.05, 0) is 109 Å². The third kappa shape index (κ3) is 6.91. The molecule has 0 aromatic heterocycles. The Labute approximate surface area is 190 Å². The highest BCUT2D eigenvalue weighted by Crippen LogP contribution is 2.58. The highest BCUT2D eigenvalue weighted by Gasteiger charge is 2.46. The summed E-state index contributed by atoms with van der Waals surface area (Å²) in [4.78, 5) is 0. The first-order valence-corrected chi connectivity index (χ1v) is 12.2. The van der Waals surface area contributed by atoms with Crippen molar-refractivity contribution in [3.63, 3.8) is 0 Å². The van der Waals surface area contributed by atoms with Crippen LogP contribution in [0.4, 0.5) is 0 Å². The predicted octanol–water partition coefficient (Wildman–Crippen LogP) is 6.41. The molecule has 2 saturated carbocycles. The van der Waals surface area contributed by atoms with Gasteiger partial charge in [0.1, 0.15) is 0 Å². The first kappa shape index (κ1) is 26.1. The lowest BCUT2D eigenvalue weighted by molar-refractivity contribution is 0.0689. The molecular weight excluding hydrogens is 384 g/mol. The Balaban J connectivity index is 2.11. The van der Waals surface area contributed by atoms with Crippen molar-refractivity contribution in [1.29, 1.82) is 0 Å². The number of aliphatic hydroxyl groups excluding tert-OH is 2. The van der Waals surface area contributed by atoms with E-state index in [2.05, 4.69) is 32.6 Å². The van der Waals surface area contributed by atoms with Crippen LogP contribution in [0.15, 0.2) is 46.6 Å². The minimum absolute atomic E-state index is 0.269. The highest BCUT2D eigenvalue weighted by atomic mass is 16.3. The molecule has 3 N–H and O–H groups in total. The molecular formula is C28H46O3. The summed E-state index contributed by atoms with van der Waals surface area (Å²) < 4.78 is 0. The van der Waals surface area contributed by atoms with Crippen LogP contribution in [-0.2, 0) is 0 Å². The zero-order valence-electron chi connectivity index (χ0n) is 20.8. The number of hydrogen-bond acceptors (Lipinski definition) is 3. The van der Waals surface area contributed by atoms with Crippen molar-refractivity contribution in [1.82, 2.24) is 0 Å². The smallest absolute Gasteiger partial charge is 0.0809 e. The van der Waals surface area contributed by atoms with E-state index in [1.807, 2.05) is 20.8 Å². The molecule has 2 rings (SSSR count). The van der Waals surface area contributed by atoms with Gasteiger partial charge < -0.3 is 15.3 Å². The Hall–Kier alpha value is -1.16. The number of rotatable bonds is 9. The lowest BCUT2D eigenvalue weighted by atomic mass is 9.64. The molecule has 4 atom stereocenters. The molecule has 176 valence electrons. The molecule has 2 aliphatic carbocycles. The summed E-state index contributed by atoms with van der Waals surface area (Å²) in [6.07, 6.45) is 12.7. The summed E-state index contributed by atoms with van der Waals surface area (Å²) in [6, 6.07) is 0. The van der Waals surface area contributed by atoms with Gasteiger partial charge in [-0.1, -0.05) is 47.9 Å². The van der Waals surface area contributed by atoms with Crippen molar-refractivity contribution in [2.45, 2.75) is 117 Å². The molecule has 0 radical (unpaired) electrons. The number of allylic oxidation sites excluding steroid dienone is 5. The molecule has 0 heterocycles. The molecule has 0 aliphatic heterocycles. The first-order chi connectivity index (χ1) is 14.3. The second-order valence-corrected chi connectivity index (χ2v) is 11.0. The van der Waals surface area contributed by atoms with E-state index in [-0.39, 0.29) is 5.41 Å². The highest BCUT2D eigenvalue weighted by molar-refractivity contribution is 5.34. The minimum Gasteiger partial charge on any atom is -0.390 e. The standard InChI is InChI=1S/C28H46O3/c1-19(18-26(30)21(3)22(4)29)12-13-23-11-9-17-28(7)24(14-15-25(23)28)20(2)10-8-16-27(5,6)31/h12-13,22,25-26,29-31H,3,8-11,14-18H2,1-2,4-7H3/b19-12+,23-13+,24-20+/t22-,25?,26-,28-/m1/s1. The van der Waals surface area contributed by atoms with Crippen molar-refractivity contribution < 1.29 is 15.3 Å². The number of aliphatic hydroxyl groups is 3. The fourth-order valence-electron chi connectivity index (χ4n) is 5.73. The van der Waals surface area contributed by atoms with E-state index in [1.54, 1.807) is 23.6 Å². The van der Waals surface area contributed by atoms with Crippen LogP contribution in [-0.4, -0.2) is 33.1 Å². The summed E-state index contributed by atoms with van der Waals surface area (Å²) in [6.45, 7) is 16.1. The average molecular weight is 431 g/mol. The van der Waals surface area contributed by atoms with E-state index < -0.39 is 17.8 Å². The van der Waals surface area contributed by atoms with Crippen LogP contribution >= 0.6 is 0 Å². The summed E-state index contributed by atoms with van der Waals surface area (Å²) in [5.41, 5.74) is 6.06. The van der Waals surface area contributed by atoms with Crippen LogP contribution in [0, 0.1) is 11.3 Å². The van der Waals surface area contributed by atoms with Crippen LogP contribution in [0.25, 0.3) is 0 Å². The van der Waals surface area contributed by atoms with Crippen molar-refractivity contribution in [3.05, 3.63) is 46.6 Å². The Bertz CT molecular complexity index is 732. The van der Waals surface area contributed by atoms with Gasteiger partial charge in [0.2, 0.25) is 0 Å². The Morgan fingerprint density at radius 2 is 1.94 bits per heavy atom. The zero-order valence-corrected chi connectivity index (χ0v) is 20.8. The van der Waals surface area contributed by atoms with Gasteiger partial charge in [-0.25, -0.2) is 0 Å². The van der Waals surface area contributed by atoms with Crippen molar-refractivity contribution in [2.75, 3.05) is 0 Å². The molecule has 3 heteroatoms. The van der Waals surface area contributed by atoms with Crippen LogP contribution in [0.1, 0.15) is 99.3 Å². The molecule has 2 aliphatic rings. The Kier molecular flexibility index (Phi) is 8.95. The largest absolute Gasteiger partial charge is 0.390 e. The summed E-state index contributed by atoms with van der Waals surface area (Å²) in [5.74, 6) is 0.613. The molecule has 2 fully saturated rings. The fourth-order valence-corrected chi connectivity index (χ4v) is 5.73. The molecule has 0 aromatic carbocycles. The van der Waals surface area contributed by atoms with Gasteiger partial charge in [0.05, 0.1) is 17.8 Å². The van der Waals surface area contributed by atoms with Crippen LogP contribution in [0.5, 0.6) is 0 Å². The number of hydrogen-bond donors (Lipinski definition) is 3. The van der Waals surface area contributed by atoms with Crippen molar-refractivity contribution in [2.24, 2.45) is 11.3 Å². The SMILES string of the molecule is C=C([C@H](O)C/C(C)=C/C=C1\CCC[C@]2(C)/C(=C(\C)CCCC(C)(C)O)CCC12)[C@@H](C)O. The van der Waals surface area contributed by atoms with Gasteiger partial charge in [-0.2, -0.15) is 0 Å². The third-order valence-electron chi connectivity index (χ3n) is 7.67. The van der Waals surface area contributed by atoms with Crippen LogP contribution < -0.4 is 0 Å². The maximum absolute atomic E-state index is 10.3. The predicted molar refractivity (Wildman–Crippen MR) is 131 cm³/mol. The summed E-state index contributed by atoms with van der Waals surface area (Å²) >= 11 is 0. The van der Waals surface area contributed by atoms with E-state index in [4.69, 9.17) is 0 Å². The third-order valence-corrected chi connectivity index (χ3v) is 7.67.